The lowest BCUT2D eigenvalue weighted by atomic mass is 10.1. The predicted molar refractivity (Wildman–Crippen MR) is 82.2 cm³/mol. The van der Waals surface area contributed by atoms with Gasteiger partial charge in [-0.1, -0.05) is 36.0 Å². The molecular formula is C13H16Cl2N2O3S. The second kappa shape index (κ2) is 6.12. The maximum absolute atomic E-state index is 12.5. The zero-order chi connectivity index (χ0) is 15.8. The van der Waals surface area contributed by atoms with E-state index >= 15 is 0 Å². The standard InChI is InChI=1S/C13H16Cl2N2O3S/c1-17(8-4-2-3-5-8)13(18)9-6-12(21(16,19)20)11(15)7-10(9)14/h6-8H,2-5H2,1H3,(H2,16,19,20). The molecule has 0 aromatic heterocycles. The maximum atomic E-state index is 12.5. The third kappa shape index (κ3) is 3.51. The summed E-state index contributed by atoms with van der Waals surface area (Å²) in [6.45, 7) is 0. The summed E-state index contributed by atoms with van der Waals surface area (Å²) in [4.78, 5) is 13.8. The Bertz CT molecular complexity index is 670. The monoisotopic (exact) mass is 350 g/mol. The summed E-state index contributed by atoms with van der Waals surface area (Å²) in [5.41, 5.74) is 0.0968. The molecule has 0 radical (unpaired) electrons. The first-order chi connectivity index (χ1) is 9.71. The van der Waals surface area contributed by atoms with Crippen molar-refractivity contribution in [2.45, 2.75) is 36.6 Å². The predicted octanol–water partition coefficient (Wildman–Crippen LogP) is 2.66. The smallest absolute Gasteiger partial charge is 0.255 e. The molecule has 1 amide bonds. The third-order valence-electron chi connectivity index (χ3n) is 3.75. The van der Waals surface area contributed by atoms with Crippen LogP contribution in [-0.2, 0) is 10.0 Å². The number of rotatable bonds is 3. The van der Waals surface area contributed by atoms with E-state index in [1.165, 1.54) is 6.07 Å². The maximum Gasteiger partial charge on any atom is 0.255 e. The van der Waals surface area contributed by atoms with Gasteiger partial charge in [0.15, 0.2) is 0 Å². The Hall–Kier alpha value is -0.820. The molecule has 2 rings (SSSR count). The summed E-state index contributed by atoms with van der Waals surface area (Å²) in [6.07, 6.45) is 4.04. The highest BCUT2D eigenvalue weighted by Crippen LogP contribution is 2.30. The zero-order valence-corrected chi connectivity index (χ0v) is 13.8. The summed E-state index contributed by atoms with van der Waals surface area (Å²) in [5, 5.41) is 5.11. The average molecular weight is 351 g/mol. The molecule has 1 aromatic carbocycles. The van der Waals surface area contributed by atoms with Gasteiger partial charge in [-0.05, 0) is 25.0 Å². The van der Waals surface area contributed by atoms with Gasteiger partial charge in [0.1, 0.15) is 4.90 Å². The van der Waals surface area contributed by atoms with Crippen LogP contribution in [0.5, 0.6) is 0 Å². The van der Waals surface area contributed by atoms with Crippen LogP contribution in [0.3, 0.4) is 0 Å². The molecule has 1 aromatic rings. The number of hydrogen-bond acceptors (Lipinski definition) is 3. The lowest BCUT2D eigenvalue weighted by Gasteiger charge is -2.25. The number of halogens is 2. The third-order valence-corrected chi connectivity index (χ3v) is 5.44. The van der Waals surface area contributed by atoms with E-state index in [0.717, 1.165) is 31.7 Å². The summed E-state index contributed by atoms with van der Waals surface area (Å²) < 4.78 is 23.0. The largest absolute Gasteiger partial charge is 0.339 e. The van der Waals surface area contributed by atoms with E-state index in [2.05, 4.69) is 0 Å². The van der Waals surface area contributed by atoms with Crippen LogP contribution in [0.15, 0.2) is 17.0 Å². The van der Waals surface area contributed by atoms with E-state index in [4.69, 9.17) is 28.3 Å². The number of primary sulfonamides is 1. The zero-order valence-electron chi connectivity index (χ0n) is 11.5. The molecule has 1 saturated carbocycles. The van der Waals surface area contributed by atoms with Crippen LogP contribution in [0.4, 0.5) is 0 Å². The number of benzene rings is 1. The van der Waals surface area contributed by atoms with Crippen molar-refractivity contribution in [2.24, 2.45) is 5.14 Å². The molecule has 8 heteroatoms. The van der Waals surface area contributed by atoms with Gasteiger partial charge in [0.05, 0.1) is 15.6 Å². The Morgan fingerprint density at radius 3 is 2.33 bits per heavy atom. The van der Waals surface area contributed by atoms with Gasteiger partial charge in [-0.25, -0.2) is 13.6 Å². The van der Waals surface area contributed by atoms with Crippen LogP contribution in [0.2, 0.25) is 10.0 Å². The second-order valence-electron chi connectivity index (χ2n) is 5.16. The van der Waals surface area contributed by atoms with Gasteiger partial charge in [-0.3, -0.25) is 4.79 Å². The van der Waals surface area contributed by atoms with Crippen LogP contribution >= 0.6 is 23.2 Å². The molecule has 1 aliphatic carbocycles. The summed E-state index contributed by atoms with van der Waals surface area (Å²) in [6, 6.07) is 2.54. The number of nitrogens with two attached hydrogens (primary N) is 1. The molecule has 0 unspecified atom stereocenters. The molecule has 0 atom stereocenters. The minimum Gasteiger partial charge on any atom is -0.339 e. The van der Waals surface area contributed by atoms with Gasteiger partial charge in [0.25, 0.3) is 5.91 Å². The first-order valence-electron chi connectivity index (χ1n) is 6.51. The molecule has 21 heavy (non-hydrogen) atoms. The Labute approximate surface area is 134 Å². The van der Waals surface area contributed by atoms with Crippen molar-refractivity contribution in [1.29, 1.82) is 0 Å². The van der Waals surface area contributed by atoms with Crippen molar-refractivity contribution in [1.82, 2.24) is 4.90 Å². The molecule has 116 valence electrons. The number of nitrogens with zero attached hydrogens (tertiary/aromatic N) is 1. The minimum absolute atomic E-state index is 0.0948. The van der Waals surface area contributed by atoms with Crippen LogP contribution in [0.25, 0.3) is 0 Å². The molecular weight excluding hydrogens is 335 g/mol. The molecule has 0 spiro atoms. The normalized spacial score (nSPS) is 16.2. The lowest BCUT2D eigenvalue weighted by Crippen LogP contribution is -2.35. The number of carbonyl (C=O) groups is 1. The SMILES string of the molecule is CN(C(=O)c1cc(S(N)(=O)=O)c(Cl)cc1Cl)C1CCCC1. The van der Waals surface area contributed by atoms with E-state index in [9.17, 15) is 13.2 Å². The number of amides is 1. The quantitative estimate of drug-likeness (QED) is 0.909. The van der Waals surface area contributed by atoms with Gasteiger partial charge < -0.3 is 4.90 Å². The van der Waals surface area contributed by atoms with Crippen molar-refractivity contribution in [3.05, 3.63) is 27.7 Å². The summed E-state index contributed by atoms with van der Waals surface area (Å²) in [7, 11) is -2.32. The van der Waals surface area contributed by atoms with E-state index in [0.29, 0.717) is 0 Å². The van der Waals surface area contributed by atoms with Crippen LogP contribution in [0, 0.1) is 0 Å². The fourth-order valence-corrected chi connectivity index (χ4v) is 3.96. The van der Waals surface area contributed by atoms with E-state index in [1.54, 1.807) is 11.9 Å². The van der Waals surface area contributed by atoms with Crippen molar-refractivity contribution >= 4 is 39.1 Å². The van der Waals surface area contributed by atoms with Crippen molar-refractivity contribution in [2.75, 3.05) is 7.05 Å². The fraction of sp³-hybridized carbons (Fsp3) is 0.462. The molecule has 2 N–H and O–H groups in total. The van der Waals surface area contributed by atoms with E-state index in [1.807, 2.05) is 0 Å². The minimum atomic E-state index is -4.01. The van der Waals surface area contributed by atoms with Gasteiger partial charge in [0, 0.05) is 13.1 Å². The molecule has 0 saturated heterocycles. The van der Waals surface area contributed by atoms with Gasteiger partial charge >= 0.3 is 0 Å². The molecule has 0 aliphatic heterocycles. The molecule has 0 bridgehead atoms. The highest BCUT2D eigenvalue weighted by molar-refractivity contribution is 7.89. The first kappa shape index (κ1) is 16.5. The number of hydrogen-bond donors (Lipinski definition) is 1. The van der Waals surface area contributed by atoms with Crippen LogP contribution in [0.1, 0.15) is 36.0 Å². The van der Waals surface area contributed by atoms with Crippen molar-refractivity contribution < 1.29 is 13.2 Å². The Morgan fingerprint density at radius 2 is 1.81 bits per heavy atom. The first-order valence-corrected chi connectivity index (χ1v) is 8.81. The summed E-state index contributed by atoms with van der Waals surface area (Å²) in [5.74, 6) is -0.325. The lowest BCUT2D eigenvalue weighted by molar-refractivity contribution is 0.0735. The second-order valence-corrected chi connectivity index (χ2v) is 7.51. The van der Waals surface area contributed by atoms with Crippen LogP contribution in [-0.4, -0.2) is 32.3 Å². The van der Waals surface area contributed by atoms with Gasteiger partial charge in [0.2, 0.25) is 10.0 Å². The number of carbonyl (C=O) groups excluding carboxylic acids is 1. The average Bonchev–Trinajstić information content (AvgIpc) is 2.89. The number of sulfonamides is 1. The molecule has 0 heterocycles. The Kier molecular flexibility index (Phi) is 4.82. The van der Waals surface area contributed by atoms with Gasteiger partial charge in [-0.15, -0.1) is 0 Å². The summed E-state index contributed by atoms with van der Waals surface area (Å²) >= 11 is 11.9. The highest BCUT2D eigenvalue weighted by Gasteiger charge is 2.27. The van der Waals surface area contributed by atoms with Crippen molar-refractivity contribution in [3.63, 3.8) is 0 Å². The fourth-order valence-electron chi connectivity index (χ4n) is 2.56. The Morgan fingerprint density at radius 1 is 1.24 bits per heavy atom. The molecule has 5 nitrogen and oxygen atoms in total. The Balaban J connectivity index is 2.41. The van der Waals surface area contributed by atoms with Crippen molar-refractivity contribution in [3.8, 4) is 0 Å². The molecule has 1 aliphatic rings. The highest BCUT2D eigenvalue weighted by atomic mass is 35.5. The van der Waals surface area contributed by atoms with Gasteiger partial charge in [-0.2, -0.15) is 0 Å². The van der Waals surface area contributed by atoms with E-state index < -0.39 is 10.0 Å². The topological polar surface area (TPSA) is 80.5 Å². The molecule has 1 fully saturated rings. The van der Waals surface area contributed by atoms with Crippen LogP contribution < -0.4 is 5.14 Å². The van der Waals surface area contributed by atoms with E-state index in [-0.39, 0.29) is 32.5 Å².